The van der Waals surface area contributed by atoms with Gasteiger partial charge in [0.25, 0.3) is 0 Å². The summed E-state index contributed by atoms with van der Waals surface area (Å²) in [5.74, 6) is 0. The molecule has 0 radical (unpaired) electrons. The van der Waals surface area contributed by atoms with Crippen LogP contribution in [0.2, 0.25) is 5.02 Å². The van der Waals surface area contributed by atoms with Gasteiger partial charge in [0.1, 0.15) is 0 Å². The van der Waals surface area contributed by atoms with Crippen molar-refractivity contribution < 1.29 is 0 Å². The minimum absolute atomic E-state index is 0.811. The number of rotatable bonds is 0. The van der Waals surface area contributed by atoms with E-state index in [-0.39, 0.29) is 0 Å². The van der Waals surface area contributed by atoms with Crippen molar-refractivity contribution in [2.45, 2.75) is 13.8 Å². The number of hydrogen-bond acceptors (Lipinski definition) is 0. The van der Waals surface area contributed by atoms with Crippen LogP contribution in [-0.2, 0) is 0 Å². The fraction of sp³-hybridized carbons (Fsp3) is 0.250. The summed E-state index contributed by atoms with van der Waals surface area (Å²) < 4.78 is 0.978. The monoisotopic (exact) mass is 218 g/mol. The first-order chi connectivity index (χ1) is 4.61. The van der Waals surface area contributed by atoms with Gasteiger partial charge in [0, 0.05) is 4.47 Å². The van der Waals surface area contributed by atoms with E-state index in [1.807, 2.05) is 19.9 Å². The second kappa shape index (κ2) is 2.93. The van der Waals surface area contributed by atoms with Crippen LogP contribution >= 0.6 is 27.5 Å². The maximum Gasteiger partial charge on any atom is 0.0577 e. The van der Waals surface area contributed by atoms with Crippen molar-refractivity contribution in [3.63, 3.8) is 0 Å². The van der Waals surface area contributed by atoms with E-state index < -0.39 is 0 Å². The van der Waals surface area contributed by atoms with E-state index >= 15 is 0 Å². The molecular weight excluding hydrogens is 211 g/mol. The van der Waals surface area contributed by atoms with E-state index in [1.165, 1.54) is 5.56 Å². The molecule has 0 spiro atoms. The fourth-order valence-electron chi connectivity index (χ4n) is 0.898. The molecule has 0 fully saturated rings. The van der Waals surface area contributed by atoms with Gasteiger partial charge in [0.05, 0.1) is 5.02 Å². The van der Waals surface area contributed by atoms with Gasteiger partial charge in [-0.2, -0.15) is 0 Å². The van der Waals surface area contributed by atoms with Crippen molar-refractivity contribution >= 4 is 27.5 Å². The zero-order chi connectivity index (χ0) is 7.72. The van der Waals surface area contributed by atoms with Gasteiger partial charge in [-0.1, -0.05) is 17.7 Å². The summed E-state index contributed by atoms with van der Waals surface area (Å²) in [5.41, 5.74) is 2.35. The number of hydrogen-bond donors (Lipinski definition) is 0. The molecule has 0 aliphatic carbocycles. The van der Waals surface area contributed by atoms with E-state index in [0.717, 1.165) is 15.1 Å². The van der Waals surface area contributed by atoms with Gasteiger partial charge in [-0.05, 0) is 47.0 Å². The zero-order valence-electron chi connectivity index (χ0n) is 5.91. The van der Waals surface area contributed by atoms with Crippen molar-refractivity contribution in [1.29, 1.82) is 0 Å². The highest BCUT2D eigenvalue weighted by Crippen LogP contribution is 2.26. The minimum atomic E-state index is 0.811. The summed E-state index contributed by atoms with van der Waals surface area (Å²) in [6, 6.07) is 4.07. The lowest BCUT2D eigenvalue weighted by atomic mass is 10.2. The molecule has 0 atom stereocenters. The lowest BCUT2D eigenvalue weighted by Gasteiger charge is -2.01. The van der Waals surface area contributed by atoms with E-state index in [2.05, 4.69) is 22.0 Å². The Balaban J connectivity index is 3.31. The number of benzene rings is 1. The van der Waals surface area contributed by atoms with E-state index in [1.54, 1.807) is 0 Å². The molecule has 0 heterocycles. The van der Waals surface area contributed by atoms with E-state index in [0.29, 0.717) is 0 Å². The molecule has 0 aliphatic rings. The largest absolute Gasteiger partial charge is 0.0828 e. The van der Waals surface area contributed by atoms with Gasteiger partial charge in [-0.15, -0.1) is 0 Å². The van der Waals surface area contributed by atoms with Crippen molar-refractivity contribution in [3.8, 4) is 0 Å². The highest BCUT2D eigenvalue weighted by Gasteiger charge is 1.99. The summed E-state index contributed by atoms with van der Waals surface area (Å²) >= 11 is 9.27. The summed E-state index contributed by atoms with van der Waals surface area (Å²) in [4.78, 5) is 0. The Morgan fingerprint density at radius 1 is 1.30 bits per heavy atom. The van der Waals surface area contributed by atoms with Crippen LogP contribution in [0.15, 0.2) is 16.6 Å². The molecule has 0 saturated heterocycles. The standard InChI is InChI=1S/C8H8BrCl/c1-5-3-6(2)8(10)7(9)4-5/h3-4H,1-2H3. The third-order valence-electron chi connectivity index (χ3n) is 1.35. The molecule has 54 valence electrons. The molecule has 1 aromatic carbocycles. The SMILES string of the molecule is Cc1cc(C)c(Cl)c(Br)c1. The Hall–Kier alpha value is -0.0100. The quantitative estimate of drug-likeness (QED) is 0.624. The maximum atomic E-state index is 5.90. The van der Waals surface area contributed by atoms with Crippen LogP contribution in [0.4, 0.5) is 0 Å². The van der Waals surface area contributed by atoms with Crippen molar-refractivity contribution in [2.75, 3.05) is 0 Å². The minimum Gasteiger partial charge on any atom is -0.0828 e. The van der Waals surface area contributed by atoms with Crippen molar-refractivity contribution in [1.82, 2.24) is 0 Å². The molecule has 2 heteroatoms. The summed E-state index contributed by atoms with van der Waals surface area (Å²) in [5, 5.41) is 0.811. The highest BCUT2D eigenvalue weighted by atomic mass is 79.9. The summed E-state index contributed by atoms with van der Waals surface area (Å²) in [6.45, 7) is 4.05. The normalized spacial score (nSPS) is 10.0. The van der Waals surface area contributed by atoms with Crippen LogP contribution in [0.5, 0.6) is 0 Å². The summed E-state index contributed by atoms with van der Waals surface area (Å²) in [7, 11) is 0. The van der Waals surface area contributed by atoms with Gasteiger partial charge >= 0.3 is 0 Å². The predicted molar refractivity (Wildman–Crippen MR) is 48.6 cm³/mol. The van der Waals surface area contributed by atoms with Gasteiger partial charge in [0.2, 0.25) is 0 Å². The second-order valence-electron chi connectivity index (χ2n) is 2.38. The zero-order valence-corrected chi connectivity index (χ0v) is 8.25. The molecule has 0 bridgehead atoms. The second-order valence-corrected chi connectivity index (χ2v) is 3.61. The Labute approximate surface area is 74.3 Å². The first-order valence-corrected chi connectivity index (χ1v) is 4.20. The molecular formula is C8H8BrCl. The van der Waals surface area contributed by atoms with Gasteiger partial charge < -0.3 is 0 Å². The average molecular weight is 220 g/mol. The van der Waals surface area contributed by atoms with Crippen molar-refractivity contribution in [3.05, 3.63) is 32.8 Å². The third-order valence-corrected chi connectivity index (χ3v) is 2.71. The molecule has 1 rings (SSSR count). The molecule has 0 unspecified atom stereocenters. The lowest BCUT2D eigenvalue weighted by molar-refractivity contribution is 1.37. The van der Waals surface area contributed by atoms with Crippen LogP contribution < -0.4 is 0 Å². The molecule has 0 amide bonds. The van der Waals surface area contributed by atoms with Crippen LogP contribution in [-0.4, -0.2) is 0 Å². The number of aryl methyl sites for hydroxylation is 2. The third kappa shape index (κ3) is 1.53. The Morgan fingerprint density at radius 3 is 2.40 bits per heavy atom. The lowest BCUT2D eigenvalue weighted by Crippen LogP contribution is -1.79. The molecule has 0 aliphatic heterocycles. The van der Waals surface area contributed by atoms with Crippen LogP contribution in [0.3, 0.4) is 0 Å². The van der Waals surface area contributed by atoms with Crippen LogP contribution in [0.1, 0.15) is 11.1 Å². The highest BCUT2D eigenvalue weighted by molar-refractivity contribution is 9.10. The first-order valence-electron chi connectivity index (χ1n) is 3.03. The first kappa shape index (κ1) is 8.09. The molecule has 10 heavy (non-hydrogen) atoms. The van der Waals surface area contributed by atoms with Crippen LogP contribution in [0.25, 0.3) is 0 Å². The Bertz CT molecular complexity index is 232. The Kier molecular flexibility index (Phi) is 2.37. The maximum absolute atomic E-state index is 5.90. The molecule has 0 aromatic heterocycles. The van der Waals surface area contributed by atoms with E-state index in [9.17, 15) is 0 Å². The van der Waals surface area contributed by atoms with Gasteiger partial charge in [0.15, 0.2) is 0 Å². The predicted octanol–water partition coefficient (Wildman–Crippen LogP) is 3.72. The molecule has 1 aromatic rings. The molecule has 0 nitrogen and oxygen atoms in total. The summed E-state index contributed by atoms with van der Waals surface area (Å²) in [6.07, 6.45) is 0. The smallest absolute Gasteiger partial charge is 0.0577 e. The van der Waals surface area contributed by atoms with Crippen LogP contribution in [0, 0.1) is 13.8 Å². The molecule has 0 N–H and O–H groups in total. The average Bonchev–Trinajstić information content (AvgIpc) is 1.82. The number of halogens is 2. The topological polar surface area (TPSA) is 0 Å². The van der Waals surface area contributed by atoms with Gasteiger partial charge in [-0.3, -0.25) is 0 Å². The Morgan fingerprint density at radius 2 is 1.90 bits per heavy atom. The fourth-order valence-corrected chi connectivity index (χ4v) is 1.68. The molecule has 0 saturated carbocycles. The van der Waals surface area contributed by atoms with Crippen molar-refractivity contribution in [2.24, 2.45) is 0 Å². The van der Waals surface area contributed by atoms with Gasteiger partial charge in [-0.25, -0.2) is 0 Å². The van der Waals surface area contributed by atoms with E-state index in [4.69, 9.17) is 11.6 Å².